The Labute approximate surface area is 219 Å². The molecule has 1 saturated heterocycles. The summed E-state index contributed by atoms with van der Waals surface area (Å²) >= 11 is 0. The molecule has 0 spiro atoms. The fourth-order valence-corrected chi connectivity index (χ4v) is 5.01. The van der Waals surface area contributed by atoms with Crippen molar-refractivity contribution in [3.63, 3.8) is 0 Å². The molecule has 0 aliphatic carbocycles. The van der Waals surface area contributed by atoms with Gasteiger partial charge in [-0.25, -0.2) is 4.68 Å². The van der Waals surface area contributed by atoms with E-state index in [1.54, 1.807) is 23.9 Å². The first-order chi connectivity index (χ1) is 18.4. The number of nitrogens with one attached hydrogen (secondary N) is 1. The number of H-pyrrole nitrogens is 1. The summed E-state index contributed by atoms with van der Waals surface area (Å²) < 4.78 is 6.94. The number of piperazine rings is 1. The minimum Gasteiger partial charge on any atom is -0.383 e. The number of non-ortho nitro benzene ring substituents is 1. The summed E-state index contributed by atoms with van der Waals surface area (Å²) in [6, 6.07) is 12.2. The van der Waals surface area contributed by atoms with E-state index in [0.29, 0.717) is 50.7 Å². The van der Waals surface area contributed by atoms with Crippen LogP contribution in [-0.4, -0.2) is 74.9 Å². The molecule has 0 radical (unpaired) electrons. The average molecular weight is 519 g/mol. The van der Waals surface area contributed by atoms with Gasteiger partial charge >= 0.3 is 0 Å². The van der Waals surface area contributed by atoms with E-state index in [2.05, 4.69) is 36.4 Å². The molecule has 4 aromatic rings. The quantitative estimate of drug-likeness (QED) is 0.276. The number of anilines is 1. The van der Waals surface area contributed by atoms with Crippen LogP contribution in [0.25, 0.3) is 10.9 Å². The van der Waals surface area contributed by atoms with E-state index in [1.165, 1.54) is 12.1 Å². The number of pyridine rings is 1. The van der Waals surface area contributed by atoms with Gasteiger partial charge in [-0.3, -0.25) is 19.8 Å². The second-order valence-corrected chi connectivity index (χ2v) is 9.48. The van der Waals surface area contributed by atoms with Gasteiger partial charge in [-0.15, -0.1) is 5.10 Å². The smallest absolute Gasteiger partial charge is 0.269 e. The summed E-state index contributed by atoms with van der Waals surface area (Å²) in [6.45, 7) is 7.57. The van der Waals surface area contributed by atoms with Crippen LogP contribution >= 0.6 is 0 Å². The number of aromatic nitrogens is 5. The Balaban J connectivity index is 1.49. The summed E-state index contributed by atoms with van der Waals surface area (Å²) in [5, 5.41) is 24.4. The predicted octanol–water partition coefficient (Wildman–Crippen LogP) is 2.60. The molecule has 12 heteroatoms. The highest BCUT2D eigenvalue weighted by Crippen LogP contribution is 2.30. The number of methoxy groups -OCH3 is 1. The number of nitro benzene ring substituents is 1. The summed E-state index contributed by atoms with van der Waals surface area (Å²) in [5.74, 6) is 0.583. The molecule has 0 amide bonds. The lowest BCUT2D eigenvalue weighted by molar-refractivity contribution is -0.384. The van der Waals surface area contributed by atoms with E-state index < -0.39 is 11.0 Å². The van der Waals surface area contributed by atoms with Crippen molar-refractivity contribution < 1.29 is 9.66 Å². The standard InChI is InChI=1S/C26H30N8O4/c1-17-4-5-19-16-22(26(35)27-23(19)18(17)2)24(25-28-29-30-33(25)14-15-38-3)32-12-10-31(11-13-32)20-6-8-21(9-7-20)34(36)37/h4-9,16,24H,10-15H2,1-3H3,(H,27,35)/t24-/m0/s1. The van der Waals surface area contributed by atoms with Crippen LogP contribution in [0.5, 0.6) is 0 Å². The lowest BCUT2D eigenvalue weighted by Crippen LogP contribution is -2.49. The van der Waals surface area contributed by atoms with E-state index in [9.17, 15) is 14.9 Å². The van der Waals surface area contributed by atoms with Crippen molar-refractivity contribution in [1.29, 1.82) is 0 Å². The highest BCUT2D eigenvalue weighted by atomic mass is 16.6. The summed E-state index contributed by atoms with van der Waals surface area (Å²) in [5.41, 5.74) is 4.39. The summed E-state index contributed by atoms with van der Waals surface area (Å²) in [7, 11) is 1.62. The van der Waals surface area contributed by atoms with Gasteiger partial charge in [-0.2, -0.15) is 0 Å². The molecule has 12 nitrogen and oxygen atoms in total. The Hall–Kier alpha value is -4.16. The number of fused-ring (bicyclic) bond motifs is 1. The largest absolute Gasteiger partial charge is 0.383 e. The third kappa shape index (κ3) is 4.87. The number of rotatable bonds is 8. The molecule has 1 N–H and O–H groups in total. The minimum atomic E-state index is -0.462. The molecule has 198 valence electrons. The first kappa shape index (κ1) is 25.5. The molecular formula is C26H30N8O4. The predicted molar refractivity (Wildman–Crippen MR) is 142 cm³/mol. The number of aromatic amines is 1. The van der Waals surface area contributed by atoms with Gasteiger partial charge in [0.25, 0.3) is 11.2 Å². The molecule has 3 heterocycles. The fraction of sp³-hybridized carbons (Fsp3) is 0.385. The van der Waals surface area contributed by atoms with Gasteiger partial charge in [0.1, 0.15) is 6.04 Å². The summed E-state index contributed by atoms with van der Waals surface area (Å²) in [6.07, 6.45) is 0. The molecular weight excluding hydrogens is 488 g/mol. The highest BCUT2D eigenvalue weighted by Gasteiger charge is 2.33. The van der Waals surface area contributed by atoms with Crippen LogP contribution in [-0.2, 0) is 11.3 Å². The molecule has 1 aliphatic heterocycles. The van der Waals surface area contributed by atoms with E-state index >= 15 is 0 Å². The Morgan fingerprint density at radius 3 is 2.53 bits per heavy atom. The van der Waals surface area contributed by atoms with Gasteiger partial charge in [-0.1, -0.05) is 12.1 Å². The zero-order chi connectivity index (χ0) is 26.8. The first-order valence-corrected chi connectivity index (χ1v) is 12.5. The molecule has 5 rings (SSSR count). The van der Waals surface area contributed by atoms with E-state index in [0.717, 1.165) is 27.7 Å². The second-order valence-electron chi connectivity index (χ2n) is 9.48. The maximum Gasteiger partial charge on any atom is 0.269 e. The SMILES string of the molecule is COCCn1nnnc1[C@H](c1cc2ccc(C)c(C)c2[nH]c1=O)N1CCN(c2ccc([N+](=O)[O-])cc2)CC1. The Morgan fingerprint density at radius 2 is 1.84 bits per heavy atom. The van der Waals surface area contributed by atoms with Gasteiger partial charge in [0, 0.05) is 56.7 Å². The lowest BCUT2D eigenvalue weighted by Gasteiger charge is -2.39. The van der Waals surface area contributed by atoms with E-state index in [4.69, 9.17) is 4.74 Å². The summed E-state index contributed by atoms with van der Waals surface area (Å²) in [4.78, 5) is 31.7. The van der Waals surface area contributed by atoms with Crippen LogP contribution in [0.15, 0.2) is 47.3 Å². The number of hydrogen-bond donors (Lipinski definition) is 1. The molecule has 0 unspecified atom stereocenters. The number of nitrogens with zero attached hydrogens (tertiary/aromatic N) is 7. The Kier molecular flexibility index (Phi) is 7.16. The number of ether oxygens (including phenoxy) is 1. The molecule has 1 aliphatic rings. The normalized spacial score (nSPS) is 15.2. The second kappa shape index (κ2) is 10.7. The maximum absolute atomic E-state index is 13.5. The van der Waals surface area contributed by atoms with E-state index in [1.807, 2.05) is 26.0 Å². The molecule has 2 aromatic heterocycles. The van der Waals surface area contributed by atoms with Crippen molar-refractivity contribution in [3.05, 3.63) is 85.4 Å². The van der Waals surface area contributed by atoms with Crippen LogP contribution < -0.4 is 10.5 Å². The van der Waals surface area contributed by atoms with Crippen LogP contribution in [0.3, 0.4) is 0 Å². The van der Waals surface area contributed by atoms with Crippen molar-refractivity contribution in [2.24, 2.45) is 0 Å². The van der Waals surface area contributed by atoms with Gasteiger partial charge in [0.15, 0.2) is 5.82 Å². The number of benzene rings is 2. The fourth-order valence-electron chi connectivity index (χ4n) is 5.01. The molecule has 38 heavy (non-hydrogen) atoms. The van der Waals surface area contributed by atoms with Crippen molar-refractivity contribution in [3.8, 4) is 0 Å². The third-order valence-corrected chi connectivity index (χ3v) is 7.29. The van der Waals surface area contributed by atoms with E-state index in [-0.39, 0.29) is 11.2 Å². The minimum absolute atomic E-state index is 0.0660. The Bertz CT molecular complexity index is 1510. The average Bonchev–Trinajstić information content (AvgIpc) is 3.39. The van der Waals surface area contributed by atoms with Gasteiger partial charge < -0.3 is 14.6 Å². The molecule has 0 bridgehead atoms. The Morgan fingerprint density at radius 1 is 1.11 bits per heavy atom. The van der Waals surface area contributed by atoms with Gasteiger partial charge in [0.2, 0.25) is 0 Å². The van der Waals surface area contributed by atoms with Crippen molar-refractivity contribution in [1.82, 2.24) is 30.1 Å². The lowest BCUT2D eigenvalue weighted by atomic mass is 9.99. The van der Waals surface area contributed by atoms with Crippen LogP contribution in [0.4, 0.5) is 11.4 Å². The maximum atomic E-state index is 13.5. The third-order valence-electron chi connectivity index (χ3n) is 7.29. The molecule has 2 aromatic carbocycles. The number of aryl methyl sites for hydroxylation is 2. The monoisotopic (exact) mass is 518 g/mol. The topological polar surface area (TPSA) is 135 Å². The zero-order valence-corrected chi connectivity index (χ0v) is 21.6. The zero-order valence-electron chi connectivity index (χ0n) is 21.6. The van der Waals surface area contributed by atoms with Crippen LogP contribution in [0, 0.1) is 24.0 Å². The van der Waals surface area contributed by atoms with Crippen molar-refractivity contribution in [2.45, 2.75) is 26.4 Å². The van der Waals surface area contributed by atoms with Crippen LogP contribution in [0.2, 0.25) is 0 Å². The number of hydrogen-bond acceptors (Lipinski definition) is 9. The first-order valence-electron chi connectivity index (χ1n) is 12.5. The molecule has 1 fully saturated rings. The number of tetrazole rings is 1. The number of nitro groups is 1. The molecule has 1 atom stereocenters. The van der Waals surface area contributed by atoms with Gasteiger partial charge in [-0.05, 0) is 59.0 Å². The highest BCUT2D eigenvalue weighted by molar-refractivity contribution is 5.83. The van der Waals surface area contributed by atoms with Crippen molar-refractivity contribution in [2.75, 3.05) is 44.8 Å². The van der Waals surface area contributed by atoms with Crippen molar-refractivity contribution >= 4 is 22.3 Å². The van der Waals surface area contributed by atoms with Crippen LogP contribution in [0.1, 0.15) is 28.6 Å². The molecule has 0 saturated carbocycles. The van der Waals surface area contributed by atoms with Gasteiger partial charge in [0.05, 0.1) is 23.6 Å².